The van der Waals surface area contributed by atoms with Gasteiger partial charge in [-0.15, -0.1) is 20.4 Å². The number of nitrogens with zero attached hydrogens (tertiary/aromatic N) is 16. The van der Waals surface area contributed by atoms with Crippen LogP contribution in [0.4, 0.5) is 87.2 Å². The van der Waals surface area contributed by atoms with Crippen molar-refractivity contribution in [2.24, 2.45) is 28.2 Å². The Morgan fingerprint density at radius 1 is 0.378 bits per heavy atom. The highest BCUT2D eigenvalue weighted by molar-refractivity contribution is 7.92. The van der Waals surface area contributed by atoms with Crippen LogP contribution in [-0.2, 0) is 77.8 Å². The van der Waals surface area contributed by atoms with Crippen molar-refractivity contribution < 1.29 is 84.3 Å². The van der Waals surface area contributed by atoms with Crippen LogP contribution in [0.5, 0.6) is 0 Å². The van der Waals surface area contributed by atoms with E-state index in [1.165, 1.54) is 93.5 Å². The second kappa shape index (κ2) is 41.5. The Bertz CT molecular complexity index is 6480. The van der Waals surface area contributed by atoms with Gasteiger partial charge >= 0.3 is 24.2 Å². The van der Waals surface area contributed by atoms with Crippen molar-refractivity contribution in [3.8, 4) is 45.6 Å². The number of benzene rings is 4. The molecule has 0 spiro atoms. The fourth-order valence-corrected chi connectivity index (χ4v) is 14.2. The van der Waals surface area contributed by atoms with Crippen molar-refractivity contribution in [1.29, 1.82) is 0 Å². The quantitative estimate of drug-likeness (QED) is 0.0225. The number of nitrogens with one attached hydrogen (secondary N) is 10. The molecule has 0 fully saturated rings. The summed E-state index contributed by atoms with van der Waals surface area (Å²) in [6.45, 7) is 13.5. The Morgan fingerprint density at radius 3 is 1.05 bits per heavy atom. The van der Waals surface area contributed by atoms with Crippen LogP contribution >= 0.6 is 0 Å². The number of halogens is 5. The molecule has 0 bridgehead atoms. The lowest BCUT2D eigenvalue weighted by atomic mass is 10.1. The third-order valence-electron chi connectivity index (χ3n) is 17.8. The number of aromatic nitrogens is 16. The number of alkyl halides is 4. The van der Waals surface area contributed by atoms with Gasteiger partial charge in [-0.1, -0.05) is 123 Å². The van der Waals surface area contributed by atoms with E-state index in [1.807, 2.05) is 44.2 Å². The molecule has 12 aromatic rings. The van der Waals surface area contributed by atoms with Crippen LogP contribution in [0.25, 0.3) is 45.6 Å². The average Bonchev–Trinajstić information content (AvgIpc) is 1.70. The third kappa shape index (κ3) is 27.6. The van der Waals surface area contributed by atoms with Crippen LogP contribution in [0, 0.1) is 47.4 Å². The predicted molar refractivity (Wildman–Crippen MR) is 464 cm³/mol. The molecule has 0 aliphatic carbocycles. The molecular formula is C78H89F5N26O14S4. The number of hydrogen-bond donors (Lipinski definition) is 10. The Balaban J connectivity index is 0.000000191. The molecule has 0 aliphatic rings. The van der Waals surface area contributed by atoms with Crippen LogP contribution in [0.15, 0.2) is 152 Å². The monoisotopic (exact) mass is 1840 g/mol. The van der Waals surface area contributed by atoms with Gasteiger partial charge in [0.05, 0.1) is 99.4 Å². The van der Waals surface area contributed by atoms with Crippen LogP contribution in [0.1, 0.15) is 94.3 Å². The number of ether oxygens (including phenoxy) is 2. The number of carbonyl (C=O) groups excluding carboxylic acids is 4. The van der Waals surface area contributed by atoms with Crippen LogP contribution in [-0.4, -0.2) is 176 Å². The summed E-state index contributed by atoms with van der Waals surface area (Å²) in [5.74, 6) is 0.291. The van der Waals surface area contributed by atoms with E-state index < -0.39 is 101 Å². The molecule has 0 saturated heterocycles. The van der Waals surface area contributed by atoms with Crippen molar-refractivity contribution in [3.05, 3.63) is 214 Å². The summed E-state index contributed by atoms with van der Waals surface area (Å²) in [5, 5.41) is 47.0. The van der Waals surface area contributed by atoms with E-state index in [9.17, 15) is 74.8 Å². The summed E-state index contributed by atoms with van der Waals surface area (Å²) in [7, 11) is -7.64. The van der Waals surface area contributed by atoms with Gasteiger partial charge < -0.3 is 20.1 Å². The number of hydrogen-bond acceptors (Lipinski definition) is 26. The number of rotatable bonds is 26. The van der Waals surface area contributed by atoms with Gasteiger partial charge in [-0.3, -0.25) is 40.2 Å². The minimum Gasteiger partial charge on any atom is -0.441 e. The lowest BCUT2D eigenvalue weighted by Crippen LogP contribution is -2.36. The van der Waals surface area contributed by atoms with Gasteiger partial charge in [0.25, 0.3) is 12.9 Å². The molecule has 0 aliphatic heterocycles. The molecule has 0 radical (unpaired) electrons. The van der Waals surface area contributed by atoms with Crippen LogP contribution in [0.3, 0.4) is 0 Å². The molecule has 10 N–H and O–H groups in total. The highest BCUT2D eigenvalue weighted by atomic mass is 32.2. The number of urea groups is 2. The summed E-state index contributed by atoms with van der Waals surface area (Å²) in [5.41, 5.74) is 8.45. The number of aryl methyl sites for hydroxylation is 10. The standard InChI is InChI=1S/C20H22F2N6O4S.C20H23FN6O4S.C19H21F2N7O3S.C19H23N7O3S/c1-11-6-5-7-13(10-11)17(18(21)22)32-20(29)24-19-16(25-27-28(19)3)15-9-8-14(12(2)23-15)26-33(4,30)31;1-11-6-7-15(21)14(10-11)13(3)31-20(28)23-19-18(24-26-27(19)4)17-9-8-16(12(2)22-17)25-32(5,29)30;1-11-13(26-32(3,30)31)9-10-14(22-11)16-18(28(2)27-25-16)24-19(29)23-15(17(20)21)12-7-5-4-6-8-12;1-12(14-8-6-5-7-9-14)21-19(27)22-18-17(23-25-26(18)3)16-11-10-15(13(2)20-16)24-30(4,28)29/h5-10,17-18,26H,1-4H3,(H,24,29);6-10,13,25H,1-5H3,(H,23,28);4-10,15,17,26H,1-3H3,(H2,23,24,29);5-12,24H,1-4H3,(H2,21,22,27)/t17-;13-;15-;12-/m0101/s1. The Kier molecular flexibility index (Phi) is 31.6. The molecule has 12 rings (SSSR count). The summed E-state index contributed by atoms with van der Waals surface area (Å²) in [6.07, 6.45) is -6.17. The number of sulfonamides is 4. The number of carbonyl (C=O) groups is 4. The summed E-state index contributed by atoms with van der Waals surface area (Å²) >= 11 is 0. The molecule has 49 heteroatoms. The molecule has 6 amide bonds. The third-order valence-corrected chi connectivity index (χ3v) is 20.1. The summed E-state index contributed by atoms with van der Waals surface area (Å²) < 4.78 is 185. The van der Waals surface area contributed by atoms with Crippen LogP contribution in [0.2, 0.25) is 0 Å². The first-order valence-corrected chi connectivity index (χ1v) is 45.1. The zero-order chi connectivity index (χ0) is 93.3. The van der Waals surface area contributed by atoms with E-state index in [0.717, 1.165) is 41.7 Å². The van der Waals surface area contributed by atoms with Crippen molar-refractivity contribution in [3.63, 3.8) is 0 Å². The highest BCUT2D eigenvalue weighted by Crippen LogP contribution is 2.34. The first kappa shape index (κ1) is 96.6. The number of amides is 6. The highest BCUT2D eigenvalue weighted by Gasteiger charge is 2.31. The van der Waals surface area contributed by atoms with Gasteiger partial charge in [0.1, 0.15) is 18.0 Å². The predicted octanol–water partition coefficient (Wildman–Crippen LogP) is 11.9. The minimum atomic E-state index is -3.50. The van der Waals surface area contributed by atoms with Crippen molar-refractivity contribution in [2.75, 3.05) is 65.2 Å². The zero-order valence-electron chi connectivity index (χ0n) is 70.8. The van der Waals surface area contributed by atoms with Crippen molar-refractivity contribution >= 4 is 110 Å². The molecule has 4 aromatic carbocycles. The van der Waals surface area contributed by atoms with E-state index in [0.29, 0.717) is 62.7 Å². The van der Waals surface area contributed by atoms with Crippen LogP contribution < -0.4 is 50.8 Å². The number of anilines is 8. The van der Waals surface area contributed by atoms with Gasteiger partial charge in [0, 0.05) is 33.8 Å². The SMILES string of the molecule is Cc1ccc(F)c([C@@H](C)OC(=O)Nc2c(-c3ccc(NS(C)(=O)=O)c(C)n3)nnn2C)c1.Cc1cccc([C@H](OC(=O)Nc2c(-c3ccc(NS(C)(=O)=O)c(C)n3)nnn2C)C(F)F)c1.Cc1nc(-c2nnn(C)c2NC(=O)N[C@@H](c2ccccc2)C(F)F)ccc1NS(C)(=O)=O.Cc1nc(-c2nnn(C)c2NC(=O)N[C@H](C)c2ccccc2)ccc1NS(C)(=O)=O. The van der Waals surface area contributed by atoms with Crippen molar-refractivity contribution in [2.45, 2.75) is 92.5 Å². The Morgan fingerprint density at radius 2 is 0.709 bits per heavy atom. The van der Waals surface area contributed by atoms with E-state index in [-0.39, 0.29) is 74.3 Å². The summed E-state index contributed by atoms with van der Waals surface area (Å²) in [4.78, 5) is 67.3. The molecule has 8 heterocycles. The van der Waals surface area contributed by atoms with E-state index in [1.54, 1.807) is 116 Å². The van der Waals surface area contributed by atoms with Gasteiger partial charge in [0.2, 0.25) is 40.1 Å². The summed E-state index contributed by atoms with van der Waals surface area (Å²) in [6, 6.07) is 37.6. The van der Waals surface area contributed by atoms with Crippen molar-refractivity contribution in [1.82, 2.24) is 90.5 Å². The maximum Gasteiger partial charge on any atom is 0.413 e. The fraction of sp³-hybridized carbons (Fsp3) is 0.282. The molecule has 127 heavy (non-hydrogen) atoms. The molecule has 40 nitrogen and oxygen atoms in total. The smallest absolute Gasteiger partial charge is 0.413 e. The first-order valence-electron chi connectivity index (χ1n) is 37.6. The lowest BCUT2D eigenvalue weighted by molar-refractivity contribution is -0.0143. The second-order valence-electron chi connectivity index (χ2n) is 28.4. The molecule has 8 aromatic heterocycles. The molecule has 0 saturated carbocycles. The van der Waals surface area contributed by atoms with E-state index in [2.05, 4.69) is 112 Å². The van der Waals surface area contributed by atoms with E-state index in [4.69, 9.17) is 9.47 Å². The Hall–Kier alpha value is -14.2. The number of pyridine rings is 4. The first-order chi connectivity index (χ1) is 59.6. The second-order valence-corrected chi connectivity index (χ2v) is 35.4. The zero-order valence-corrected chi connectivity index (χ0v) is 74.1. The average molecular weight is 1840 g/mol. The van der Waals surface area contributed by atoms with Gasteiger partial charge in [0.15, 0.2) is 52.2 Å². The molecular weight excluding hydrogens is 1750 g/mol. The topological polar surface area (TPSA) is 518 Å². The Labute approximate surface area is 726 Å². The maximum absolute atomic E-state index is 14.1. The van der Waals surface area contributed by atoms with Gasteiger partial charge in [-0.05, 0) is 133 Å². The minimum absolute atomic E-state index is 0.0629. The largest absolute Gasteiger partial charge is 0.441 e. The van der Waals surface area contributed by atoms with Gasteiger partial charge in [-0.2, -0.15) is 0 Å². The normalized spacial score (nSPS) is 12.4. The molecule has 674 valence electrons. The van der Waals surface area contributed by atoms with E-state index >= 15 is 0 Å². The fourth-order valence-electron chi connectivity index (χ4n) is 11.8. The van der Waals surface area contributed by atoms with Gasteiger partial charge in [-0.25, -0.2) is 113 Å². The lowest BCUT2D eigenvalue weighted by Gasteiger charge is -2.19. The molecule has 0 unspecified atom stereocenters. The molecule has 4 atom stereocenters. The maximum atomic E-state index is 14.1.